The van der Waals surface area contributed by atoms with Crippen LogP contribution in [0.2, 0.25) is 0 Å². The molecule has 1 saturated heterocycles. The van der Waals surface area contributed by atoms with Crippen LogP contribution in [0.1, 0.15) is 168 Å². The summed E-state index contributed by atoms with van der Waals surface area (Å²) in [6.07, 6.45) is 38.0. The number of unbranched alkanes of at least 4 members (excludes halogenated alkanes) is 13. The molecule has 0 amide bonds. The van der Waals surface area contributed by atoms with E-state index in [0.29, 0.717) is 31.5 Å². The first-order chi connectivity index (χ1) is 22.5. The lowest BCUT2D eigenvalue weighted by Gasteiger charge is -2.15. The molecule has 0 aliphatic carbocycles. The zero-order valence-corrected chi connectivity index (χ0v) is 29.9. The number of aliphatic hydroxyl groups is 1. The molecule has 1 aliphatic heterocycles. The fourth-order valence-electron chi connectivity index (χ4n) is 5.45. The van der Waals surface area contributed by atoms with Crippen molar-refractivity contribution >= 4 is 11.9 Å². The van der Waals surface area contributed by atoms with E-state index in [9.17, 15) is 14.7 Å². The third-order valence-electron chi connectivity index (χ3n) is 8.88. The van der Waals surface area contributed by atoms with Crippen molar-refractivity contribution in [2.75, 3.05) is 13.2 Å². The number of hydrogen-bond acceptors (Lipinski definition) is 6. The largest absolute Gasteiger partial charge is 0.462 e. The van der Waals surface area contributed by atoms with Crippen molar-refractivity contribution in [2.24, 2.45) is 5.92 Å². The lowest BCUT2D eigenvalue weighted by molar-refractivity contribution is -0.161. The molecule has 1 N–H and O–H groups in total. The summed E-state index contributed by atoms with van der Waals surface area (Å²) in [4.78, 5) is 24.2. The second-order valence-electron chi connectivity index (χ2n) is 13.3. The third kappa shape index (κ3) is 26.2. The van der Waals surface area contributed by atoms with E-state index < -0.39 is 6.10 Å². The topological polar surface area (TPSA) is 85.4 Å². The van der Waals surface area contributed by atoms with E-state index in [-0.39, 0.29) is 25.2 Å². The van der Waals surface area contributed by atoms with Gasteiger partial charge < -0.3 is 19.3 Å². The van der Waals surface area contributed by atoms with Gasteiger partial charge in [0.1, 0.15) is 6.61 Å². The van der Waals surface area contributed by atoms with Gasteiger partial charge in [-0.3, -0.25) is 9.59 Å². The van der Waals surface area contributed by atoms with Gasteiger partial charge in [0, 0.05) is 12.8 Å². The van der Waals surface area contributed by atoms with E-state index in [2.05, 4.69) is 57.2 Å². The zero-order chi connectivity index (χ0) is 33.5. The number of ether oxygens (including phenoxy) is 3. The first-order valence-corrected chi connectivity index (χ1v) is 19.1. The summed E-state index contributed by atoms with van der Waals surface area (Å²) in [7, 11) is 0. The Hall–Kier alpha value is -1.92. The molecular weight excluding hydrogens is 576 g/mol. The van der Waals surface area contributed by atoms with Crippen LogP contribution in [-0.2, 0) is 23.8 Å². The minimum absolute atomic E-state index is 0.0986. The summed E-state index contributed by atoms with van der Waals surface area (Å²) in [5.41, 5.74) is 0. The molecule has 266 valence electrons. The lowest BCUT2D eigenvalue weighted by Crippen LogP contribution is -2.28. The van der Waals surface area contributed by atoms with Crippen LogP contribution in [0.4, 0.5) is 0 Å². The number of aliphatic hydroxyl groups excluding tert-OH is 1. The molecule has 46 heavy (non-hydrogen) atoms. The second-order valence-corrected chi connectivity index (χ2v) is 13.3. The summed E-state index contributed by atoms with van der Waals surface area (Å²) in [5, 5.41) is 9.55. The Morgan fingerprint density at radius 3 is 1.91 bits per heavy atom. The molecule has 6 heteroatoms. The van der Waals surface area contributed by atoms with E-state index in [0.717, 1.165) is 50.9 Å². The highest BCUT2D eigenvalue weighted by Crippen LogP contribution is 2.29. The predicted octanol–water partition coefficient (Wildman–Crippen LogP) is 10.5. The molecule has 1 heterocycles. The molecule has 1 fully saturated rings. The minimum atomic E-state index is -0.796. The summed E-state index contributed by atoms with van der Waals surface area (Å²) < 4.78 is 16.3. The fourth-order valence-corrected chi connectivity index (χ4v) is 5.45. The van der Waals surface area contributed by atoms with Gasteiger partial charge >= 0.3 is 11.9 Å². The van der Waals surface area contributed by atoms with Crippen LogP contribution in [0.5, 0.6) is 0 Å². The predicted molar refractivity (Wildman–Crippen MR) is 191 cm³/mol. The Labute approximate surface area is 282 Å². The van der Waals surface area contributed by atoms with E-state index in [1.54, 1.807) is 0 Å². The van der Waals surface area contributed by atoms with Crippen LogP contribution in [0, 0.1) is 5.92 Å². The Bertz CT molecular complexity index is 819. The van der Waals surface area contributed by atoms with Crippen LogP contribution in [0.15, 0.2) is 36.5 Å². The van der Waals surface area contributed by atoms with Gasteiger partial charge in [0.05, 0.1) is 18.8 Å². The van der Waals surface area contributed by atoms with Crippen molar-refractivity contribution in [3.05, 3.63) is 36.5 Å². The molecule has 0 saturated carbocycles. The van der Waals surface area contributed by atoms with Crippen LogP contribution in [0.25, 0.3) is 0 Å². The highest BCUT2D eigenvalue weighted by molar-refractivity contribution is 5.70. The highest BCUT2D eigenvalue weighted by atomic mass is 16.6. The van der Waals surface area contributed by atoms with Gasteiger partial charge in [-0.1, -0.05) is 141 Å². The van der Waals surface area contributed by atoms with Crippen molar-refractivity contribution < 1.29 is 28.9 Å². The standard InChI is InChI=1S/C40H70O6/c1-4-6-7-8-9-12-16-19-24-29-37-38(46-37)30-25-21-22-26-31-39(42)44-34-36(33-41)45-40(43)32-27-20-17-14-11-10-13-15-18-23-28-35(3)5-2/h9,12,19,21,24-25,35-38,41H,4-8,10-11,13-18,20,22-23,26-34H2,1-3H3/b12-9-,24-19-,25-21-/t35?,36-,37?,38?/m0/s1. The quantitative estimate of drug-likeness (QED) is 0.0339. The number of allylic oxidation sites excluding steroid dienone is 4. The molecule has 3 unspecified atom stereocenters. The van der Waals surface area contributed by atoms with Gasteiger partial charge in [-0.25, -0.2) is 0 Å². The molecule has 0 spiro atoms. The average molecular weight is 647 g/mol. The number of rotatable bonds is 32. The maximum atomic E-state index is 12.2. The van der Waals surface area contributed by atoms with E-state index in [1.807, 2.05) is 0 Å². The van der Waals surface area contributed by atoms with Gasteiger partial charge in [0.15, 0.2) is 6.10 Å². The third-order valence-corrected chi connectivity index (χ3v) is 8.88. The summed E-state index contributed by atoms with van der Waals surface area (Å²) in [6, 6.07) is 0. The number of carbonyl (C=O) groups excluding carboxylic acids is 2. The van der Waals surface area contributed by atoms with E-state index in [4.69, 9.17) is 14.2 Å². The van der Waals surface area contributed by atoms with Gasteiger partial charge in [-0.15, -0.1) is 0 Å². The number of epoxide rings is 1. The van der Waals surface area contributed by atoms with Crippen molar-refractivity contribution in [1.29, 1.82) is 0 Å². The number of carbonyl (C=O) groups is 2. The summed E-state index contributed by atoms with van der Waals surface area (Å²) in [5.74, 6) is 0.207. The maximum Gasteiger partial charge on any atom is 0.306 e. The van der Waals surface area contributed by atoms with Gasteiger partial charge in [-0.05, 0) is 57.3 Å². The second kappa shape index (κ2) is 30.4. The Morgan fingerprint density at radius 1 is 0.696 bits per heavy atom. The van der Waals surface area contributed by atoms with Crippen molar-refractivity contribution in [1.82, 2.24) is 0 Å². The van der Waals surface area contributed by atoms with Crippen LogP contribution in [0.3, 0.4) is 0 Å². The molecule has 1 rings (SSSR count). The summed E-state index contributed by atoms with van der Waals surface area (Å²) in [6.45, 7) is 6.40. The highest BCUT2D eigenvalue weighted by Gasteiger charge is 2.35. The SMILES string of the molecule is CCCCC/C=C\C/C=C\CC1OC1C/C=C\CCCC(=O)OC[C@H](CO)OC(=O)CCCCCCCCCCCCC(C)CC. The van der Waals surface area contributed by atoms with Crippen LogP contribution >= 0.6 is 0 Å². The molecule has 0 aromatic carbocycles. The summed E-state index contributed by atoms with van der Waals surface area (Å²) >= 11 is 0. The molecular formula is C40H70O6. The number of hydrogen-bond donors (Lipinski definition) is 1. The van der Waals surface area contributed by atoms with Crippen molar-refractivity contribution in [3.63, 3.8) is 0 Å². The first-order valence-electron chi connectivity index (χ1n) is 19.1. The molecule has 1 aliphatic rings. The molecule has 0 aromatic heterocycles. The first kappa shape index (κ1) is 42.1. The van der Waals surface area contributed by atoms with Gasteiger partial charge in [0.25, 0.3) is 0 Å². The smallest absolute Gasteiger partial charge is 0.306 e. The molecule has 0 aromatic rings. The van der Waals surface area contributed by atoms with E-state index >= 15 is 0 Å². The zero-order valence-electron chi connectivity index (χ0n) is 29.9. The van der Waals surface area contributed by atoms with Gasteiger partial charge in [-0.2, -0.15) is 0 Å². The Kier molecular flexibility index (Phi) is 27.8. The van der Waals surface area contributed by atoms with Crippen molar-refractivity contribution in [3.8, 4) is 0 Å². The van der Waals surface area contributed by atoms with Gasteiger partial charge in [0.2, 0.25) is 0 Å². The molecule has 4 atom stereocenters. The van der Waals surface area contributed by atoms with E-state index in [1.165, 1.54) is 83.5 Å². The monoisotopic (exact) mass is 647 g/mol. The minimum Gasteiger partial charge on any atom is -0.462 e. The number of esters is 2. The molecule has 0 radical (unpaired) electrons. The molecule has 6 nitrogen and oxygen atoms in total. The maximum absolute atomic E-state index is 12.2. The van der Waals surface area contributed by atoms with Crippen LogP contribution < -0.4 is 0 Å². The fraction of sp³-hybridized carbons (Fsp3) is 0.800. The van der Waals surface area contributed by atoms with Crippen LogP contribution in [-0.4, -0.2) is 48.6 Å². The lowest BCUT2D eigenvalue weighted by atomic mass is 9.99. The Balaban J connectivity index is 1.95. The molecule has 0 bridgehead atoms. The van der Waals surface area contributed by atoms with Crippen molar-refractivity contribution in [2.45, 2.75) is 187 Å². The average Bonchev–Trinajstić information content (AvgIpc) is 3.81. The Morgan fingerprint density at radius 2 is 1.26 bits per heavy atom. The normalized spacial score (nSPS) is 17.7.